The van der Waals surface area contributed by atoms with Gasteiger partial charge in [-0.1, -0.05) is 133 Å². The van der Waals surface area contributed by atoms with Crippen LogP contribution in [0.4, 0.5) is 0 Å². The van der Waals surface area contributed by atoms with Crippen LogP contribution in [0.2, 0.25) is 0 Å². The fraction of sp³-hybridized carbons (Fsp3) is 0. The second-order valence-corrected chi connectivity index (χ2v) is 13.4. The predicted molar refractivity (Wildman–Crippen MR) is 218 cm³/mol. The number of furan rings is 1. The van der Waals surface area contributed by atoms with Crippen LogP contribution in [0.5, 0.6) is 0 Å². The molecule has 0 aliphatic rings. The lowest BCUT2D eigenvalue weighted by atomic mass is 10.0. The second-order valence-electron chi connectivity index (χ2n) is 13.4. The minimum atomic E-state index is 0.595. The van der Waals surface area contributed by atoms with Crippen molar-refractivity contribution in [3.05, 3.63) is 176 Å². The van der Waals surface area contributed by atoms with Gasteiger partial charge >= 0.3 is 0 Å². The van der Waals surface area contributed by atoms with Gasteiger partial charge in [0, 0.05) is 49.5 Å². The molecule has 0 atom stereocenters. The van der Waals surface area contributed by atoms with Gasteiger partial charge in [0.25, 0.3) is 0 Å². The molecule has 0 aliphatic heterocycles. The third kappa shape index (κ3) is 4.81. The number of rotatable bonds is 5. The van der Waals surface area contributed by atoms with Gasteiger partial charge in [-0.05, 0) is 42.5 Å². The van der Waals surface area contributed by atoms with Crippen molar-refractivity contribution in [2.24, 2.45) is 0 Å². The summed E-state index contributed by atoms with van der Waals surface area (Å²) in [7, 11) is 0. The Morgan fingerprint density at radius 3 is 1.65 bits per heavy atom. The smallest absolute Gasteiger partial charge is 0.164 e. The van der Waals surface area contributed by atoms with Crippen LogP contribution in [0.25, 0.3) is 106 Å². The standard InChI is InChI=1S/C48H29N5O/c1-2-13-31(14-3-1)46-50-47(52-48(51-46)33-15-12-16-34(29-33)53-40-22-9-5-17-35(40)36-18-6-10-23-41(36)53)32-27-25-30(26-28-32)44-43-38-20-7-11-24-42(38)54-45(43)37-19-4-8-21-39(37)49-44/h1-29H. The molecule has 7 aromatic carbocycles. The van der Waals surface area contributed by atoms with Crippen LogP contribution < -0.4 is 0 Å². The van der Waals surface area contributed by atoms with Gasteiger partial charge in [-0.3, -0.25) is 0 Å². The largest absolute Gasteiger partial charge is 0.455 e. The van der Waals surface area contributed by atoms with Gasteiger partial charge in [-0.25, -0.2) is 19.9 Å². The zero-order chi connectivity index (χ0) is 35.6. The summed E-state index contributed by atoms with van der Waals surface area (Å²) in [5.41, 5.74) is 10.5. The van der Waals surface area contributed by atoms with E-state index in [1.807, 2.05) is 66.7 Å². The highest BCUT2D eigenvalue weighted by molar-refractivity contribution is 6.19. The average Bonchev–Trinajstić information content (AvgIpc) is 3.81. The zero-order valence-corrected chi connectivity index (χ0v) is 28.9. The number of aromatic nitrogens is 5. The van der Waals surface area contributed by atoms with E-state index in [-0.39, 0.29) is 0 Å². The maximum Gasteiger partial charge on any atom is 0.164 e. The molecule has 0 N–H and O–H groups in total. The molecule has 252 valence electrons. The first-order valence-electron chi connectivity index (χ1n) is 18.0. The average molecular weight is 692 g/mol. The lowest BCUT2D eigenvalue weighted by molar-refractivity contribution is 0.672. The third-order valence-electron chi connectivity index (χ3n) is 10.2. The molecule has 0 aliphatic carbocycles. The molecule has 0 saturated heterocycles. The molecule has 11 rings (SSSR count). The van der Waals surface area contributed by atoms with E-state index in [0.29, 0.717) is 17.5 Å². The number of hydrogen-bond acceptors (Lipinski definition) is 5. The topological polar surface area (TPSA) is 69.6 Å². The minimum absolute atomic E-state index is 0.595. The number of para-hydroxylation sites is 4. The summed E-state index contributed by atoms with van der Waals surface area (Å²) in [4.78, 5) is 20.3. The van der Waals surface area contributed by atoms with E-state index < -0.39 is 0 Å². The molecule has 0 radical (unpaired) electrons. The van der Waals surface area contributed by atoms with Gasteiger partial charge in [0.2, 0.25) is 0 Å². The fourth-order valence-electron chi connectivity index (χ4n) is 7.73. The Morgan fingerprint density at radius 1 is 0.389 bits per heavy atom. The quantitative estimate of drug-likeness (QED) is 0.180. The van der Waals surface area contributed by atoms with E-state index in [4.69, 9.17) is 24.4 Å². The molecule has 54 heavy (non-hydrogen) atoms. The fourth-order valence-corrected chi connectivity index (χ4v) is 7.73. The molecule has 11 aromatic rings. The van der Waals surface area contributed by atoms with Crippen molar-refractivity contribution in [2.75, 3.05) is 0 Å². The van der Waals surface area contributed by atoms with E-state index in [1.165, 1.54) is 10.8 Å². The SMILES string of the molecule is c1ccc(-c2nc(-c3ccc(-c4nc5ccccc5c5oc6ccccc6c45)cc3)nc(-c3cccc(-n4c5ccccc5c5ccccc54)c3)n2)cc1. The highest BCUT2D eigenvalue weighted by Gasteiger charge is 2.19. The molecule has 0 spiro atoms. The van der Waals surface area contributed by atoms with Gasteiger partial charge < -0.3 is 8.98 Å². The van der Waals surface area contributed by atoms with Crippen molar-refractivity contribution in [1.29, 1.82) is 0 Å². The van der Waals surface area contributed by atoms with Crippen molar-refractivity contribution in [3.8, 4) is 51.1 Å². The lowest BCUT2D eigenvalue weighted by Crippen LogP contribution is -2.01. The van der Waals surface area contributed by atoms with Crippen LogP contribution in [0.1, 0.15) is 0 Å². The van der Waals surface area contributed by atoms with Crippen LogP contribution >= 0.6 is 0 Å². The maximum absolute atomic E-state index is 6.44. The van der Waals surface area contributed by atoms with E-state index in [9.17, 15) is 0 Å². The maximum atomic E-state index is 6.44. The third-order valence-corrected chi connectivity index (χ3v) is 10.2. The van der Waals surface area contributed by atoms with E-state index >= 15 is 0 Å². The summed E-state index contributed by atoms with van der Waals surface area (Å²) in [6.45, 7) is 0. The Labute approximate surface area is 309 Å². The van der Waals surface area contributed by atoms with E-state index in [0.717, 1.165) is 77.5 Å². The molecule has 0 unspecified atom stereocenters. The minimum Gasteiger partial charge on any atom is -0.455 e. The van der Waals surface area contributed by atoms with Crippen molar-refractivity contribution < 1.29 is 4.42 Å². The Bertz CT molecular complexity index is 3160. The molecule has 0 bridgehead atoms. The van der Waals surface area contributed by atoms with Crippen LogP contribution in [-0.4, -0.2) is 24.5 Å². The Balaban J connectivity index is 1.05. The first kappa shape index (κ1) is 30.2. The Kier molecular flexibility index (Phi) is 6.75. The number of fused-ring (bicyclic) bond motifs is 8. The number of hydrogen-bond donors (Lipinski definition) is 0. The second kappa shape index (κ2) is 12.1. The molecular formula is C48H29N5O. The lowest BCUT2D eigenvalue weighted by Gasteiger charge is -2.12. The van der Waals surface area contributed by atoms with Crippen LogP contribution in [0, 0.1) is 0 Å². The van der Waals surface area contributed by atoms with Gasteiger partial charge in [0.1, 0.15) is 11.2 Å². The van der Waals surface area contributed by atoms with Crippen LogP contribution in [-0.2, 0) is 0 Å². The van der Waals surface area contributed by atoms with Crippen LogP contribution in [0.3, 0.4) is 0 Å². The van der Waals surface area contributed by atoms with Crippen molar-refractivity contribution >= 4 is 54.6 Å². The summed E-state index contributed by atoms with van der Waals surface area (Å²) >= 11 is 0. The molecule has 0 saturated carbocycles. The van der Waals surface area contributed by atoms with E-state index in [2.05, 4.69) is 114 Å². The zero-order valence-electron chi connectivity index (χ0n) is 28.9. The van der Waals surface area contributed by atoms with Gasteiger partial charge in [-0.2, -0.15) is 0 Å². The summed E-state index contributed by atoms with van der Waals surface area (Å²) in [5.74, 6) is 1.82. The highest BCUT2D eigenvalue weighted by atomic mass is 16.3. The summed E-state index contributed by atoms with van der Waals surface area (Å²) in [5, 5.41) is 5.49. The van der Waals surface area contributed by atoms with Gasteiger partial charge in [-0.15, -0.1) is 0 Å². The van der Waals surface area contributed by atoms with Gasteiger partial charge in [0.05, 0.1) is 27.6 Å². The molecule has 4 heterocycles. The molecule has 0 fully saturated rings. The van der Waals surface area contributed by atoms with Crippen LogP contribution in [0.15, 0.2) is 180 Å². The molecular weight excluding hydrogens is 663 g/mol. The van der Waals surface area contributed by atoms with Crippen molar-refractivity contribution in [1.82, 2.24) is 24.5 Å². The molecule has 6 nitrogen and oxygen atoms in total. The monoisotopic (exact) mass is 691 g/mol. The summed E-state index contributed by atoms with van der Waals surface area (Å²) in [6.07, 6.45) is 0. The molecule has 4 aromatic heterocycles. The van der Waals surface area contributed by atoms with Crippen molar-refractivity contribution in [3.63, 3.8) is 0 Å². The summed E-state index contributed by atoms with van der Waals surface area (Å²) < 4.78 is 8.75. The van der Waals surface area contributed by atoms with E-state index in [1.54, 1.807) is 0 Å². The Morgan fingerprint density at radius 2 is 0.926 bits per heavy atom. The highest BCUT2D eigenvalue weighted by Crippen LogP contribution is 2.40. The van der Waals surface area contributed by atoms with Gasteiger partial charge in [0.15, 0.2) is 17.5 Å². The number of pyridine rings is 1. The molecule has 6 heteroatoms. The summed E-state index contributed by atoms with van der Waals surface area (Å²) in [6, 6.07) is 60.3. The number of benzene rings is 7. The van der Waals surface area contributed by atoms with Crippen molar-refractivity contribution in [2.45, 2.75) is 0 Å². The first-order chi connectivity index (χ1) is 26.8. The molecule has 0 amide bonds. The normalized spacial score (nSPS) is 11.7. The predicted octanol–water partition coefficient (Wildman–Crippen LogP) is 12.1. The Hall–Kier alpha value is -7.44. The first-order valence-corrected chi connectivity index (χ1v) is 18.0. The number of nitrogens with zero attached hydrogens (tertiary/aromatic N) is 5.